The van der Waals surface area contributed by atoms with Gasteiger partial charge in [0.15, 0.2) is 0 Å². The van der Waals surface area contributed by atoms with E-state index in [0.29, 0.717) is 5.92 Å². The lowest BCUT2D eigenvalue weighted by molar-refractivity contribution is 0.744. The van der Waals surface area contributed by atoms with Crippen molar-refractivity contribution in [1.82, 2.24) is 4.98 Å². The van der Waals surface area contributed by atoms with E-state index in [1.807, 2.05) is 29.2 Å². The lowest BCUT2D eigenvalue weighted by atomic mass is 9.81. The van der Waals surface area contributed by atoms with Gasteiger partial charge in [0.1, 0.15) is 5.01 Å². The molecule has 60 heavy (non-hydrogen) atoms. The molecule has 0 radical (unpaired) electrons. The van der Waals surface area contributed by atoms with Crippen molar-refractivity contribution in [2.45, 2.75) is 116 Å². The molecular weight excluding hydrogens is 765 g/mol. The van der Waals surface area contributed by atoms with Crippen molar-refractivity contribution in [2.24, 2.45) is 4.99 Å². The quantitative estimate of drug-likeness (QED) is 0.0384. The minimum absolute atomic E-state index is 0.303. The van der Waals surface area contributed by atoms with Crippen LogP contribution in [0.5, 0.6) is 0 Å². The molecule has 0 N–H and O–H groups in total. The molecule has 2 nitrogen and oxygen atoms in total. The van der Waals surface area contributed by atoms with Crippen LogP contribution >= 0.6 is 23.1 Å². The molecule has 0 amide bonds. The maximum Gasteiger partial charge on any atom is 0.101 e. The van der Waals surface area contributed by atoms with Crippen LogP contribution < -0.4 is 0 Å². The van der Waals surface area contributed by atoms with E-state index in [9.17, 15) is 0 Å². The zero-order valence-corrected chi connectivity index (χ0v) is 38.1. The highest BCUT2D eigenvalue weighted by Gasteiger charge is 2.22. The average molecular weight is 829 g/mol. The van der Waals surface area contributed by atoms with Crippen molar-refractivity contribution in [3.63, 3.8) is 0 Å². The minimum Gasteiger partial charge on any atom is -0.263 e. The van der Waals surface area contributed by atoms with Crippen LogP contribution in [0.15, 0.2) is 183 Å². The molecule has 0 saturated carbocycles. The molecule has 0 spiro atoms. The first-order valence-corrected chi connectivity index (χ1v) is 23.9. The molecule has 2 aliphatic carbocycles. The predicted octanol–water partition coefficient (Wildman–Crippen LogP) is 17.2. The number of aliphatic imine (C=N–C) groups is 1. The summed E-state index contributed by atoms with van der Waals surface area (Å²) in [5.74, 6) is 1.23. The monoisotopic (exact) mass is 828 g/mol. The van der Waals surface area contributed by atoms with Crippen molar-refractivity contribution in [1.29, 1.82) is 0 Å². The van der Waals surface area contributed by atoms with Gasteiger partial charge in [-0.25, -0.2) is 4.98 Å². The Morgan fingerprint density at radius 2 is 1.67 bits per heavy atom. The van der Waals surface area contributed by atoms with Crippen LogP contribution in [0.2, 0.25) is 0 Å². The zero-order valence-electron chi connectivity index (χ0n) is 36.5. The Balaban J connectivity index is 1.25. The van der Waals surface area contributed by atoms with E-state index in [0.717, 1.165) is 94.0 Å². The molecule has 2 aliphatic rings. The van der Waals surface area contributed by atoms with Crippen molar-refractivity contribution in [3.05, 3.63) is 189 Å². The van der Waals surface area contributed by atoms with Crippen LogP contribution in [0.25, 0.3) is 15.8 Å². The fourth-order valence-corrected chi connectivity index (χ4v) is 10.5. The number of benzene rings is 3. The molecule has 4 heteroatoms. The second kappa shape index (κ2) is 23.9. The van der Waals surface area contributed by atoms with Crippen molar-refractivity contribution < 1.29 is 0 Å². The molecule has 310 valence electrons. The average Bonchev–Trinajstić information content (AvgIpc) is 3.71. The van der Waals surface area contributed by atoms with Gasteiger partial charge in [-0.3, -0.25) is 4.99 Å². The summed E-state index contributed by atoms with van der Waals surface area (Å²) >= 11 is 3.74. The highest BCUT2D eigenvalue weighted by molar-refractivity contribution is 7.99. The fraction of sp³-hybridized carbons (Fsp3) is 0.321. The molecular formula is C56H64N2S2. The van der Waals surface area contributed by atoms with E-state index in [1.54, 1.807) is 16.7 Å². The van der Waals surface area contributed by atoms with Crippen LogP contribution in [-0.2, 0) is 6.42 Å². The normalized spacial score (nSPS) is 18.2. The Morgan fingerprint density at radius 1 is 0.900 bits per heavy atom. The highest BCUT2D eigenvalue weighted by atomic mass is 32.2. The summed E-state index contributed by atoms with van der Waals surface area (Å²) in [6.45, 7) is 12.9. The Kier molecular flexibility index (Phi) is 17.8. The summed E-state index contributed by atoms with van der Waals surface area (Å²) in [7, 11) is 0. The summed E-state index contributed by atoms with van der Waals surface area (Å²) in [6.07, 6.45) is 38.2. The summed E-state index contributed by atoms with van der Waals surface area (Å²) < 4.78 is 1.27. The largest absolute Gasteiger partial charge is 0.263 e. The number of thiazole rings is 1. The number of thioether (sulfide) groups is 1. The molecule has 0 aliphatic heterocycles. The van der Waals surface area contributed by atoms with Crippen molar-refractivity contribution in [2.75, 3.05) is 5.75 Å². The van der Waals surface area contributed by atoms with Gasteiger partial charge in [-0.05, 0) is 150 Å². The number of hydrogen-bond donors (Lipinski definition) is 0. The smallest absolute Gasteiger partial charge is 0.101 e. The second-order valence-electron chi connectivity index (χ2n) is 15.9. The van der Waals surface area contributed by atoms with Crippen molar-refractivity contribution in [3.8, 4) is 0 Å². The molecule has 1 atom stereocenters. The number of para-hydroxylation sites is 2. The van der Waals surface area contributed by atoms with E-state index in [1.165, 1.54) is 48.0 Å². The zero-order chi connectivity index (χ0) is 41.9. The first-order chi connectivity index (χ1) is 29.5. The van der Waals surface area contributed by atoms with Crippen LogP contribution in [0, 0.1) is 0 Å². The maximum absolute atomic E-state index is 5.06. The summed E-state index contributed by atoms with van der Waals surface area (Å²) in [5.41, 5.74) is 15.6. The SMILES string of the molecule is C=Nc1ccccc1SCC1=C(CC2=C/C/C=C\C/C=C\2C/C(=C\C/C=C\C=C/CC)CCC/C(C/C=C\C)=C(/C)C(C)c2nc3ccccc3s2)CCc2ccccc21. The number of rotatable bonds is 20. The summed E-state index contributed by atoms with van der Waals surface area (Å²) in [6, 6.07) is 26.0. The van der Waals surface area contributed by atoms with Gasteiger partial charge < -0.3 is 0 Å². The Morgan fingerprint density at radius 3 is 2.48 bits per heavy atom. The molecule has 0 fully saturated rings. The van der Waals surface area contributed by atoms with E-state index in [-0.39, 0.29) is 0 Å². The first-order valence-electron chi connectivity index (χ1n) is 22.1. The maximum atomic E-state index is 5.06. The Hall–Kier alpha value is -4.77. The van der Waals surface area contributed by atoms with Gasteiger partial charge >= 0.3 is 0 Å². The molecule has 6 rings (SSSR count). The third-order valence-electron chi connectivity index (χ3n) is 11.9. The molecule has 1 unspecified atom stereocenters. The molecule has 1 heterocycles. The van der Waals surface area contributed by atoms with Gasteiger partial charge in [0.05, 0.1) is 15.9 Å². The number of hydrogen-bond acceptors (Lipinski definition) is 4. The topological polar surface area (TPSA) is 25.2 Å². The van der Waals surface area contributed by atoms with E-state index < -0.39 is 0 Å². The fourth-order valence-electron chi connectivity index (χ4n) is 8.30. The highest BCUT2D eigenvalue weighted by Crippen LogP contribution is 2.42. The van der Waals surface area contributed by atoms with Gasteiger partial charge in [-0.1, -0.05) is 152 Å². The van der Waals surface area contributed by atoms with Gasteiger partial charge in [-0.2, -0.15) is 0 Å². The molecule has 0 saturated heterocycles. The Bertz CT molecular complexity index is 2320. The number of aryl methyl sites for hydroxylation is 1. The van der Waals surface area contributed by atoms with Crippen LogP contribution in [0.1, 0.15) is 120 Å². The number of aromatic nitrogens is 1. The van der Waals surface area contributed by atoms with E-state index in [4.69, 9.17) is 4.98 Å². The first kappa shape index (κ1) is 44.8. The van der Waals surface area contributed by atoms with E-state index in [2.05, 4.69) is 173 Å². The minimum atomic E-state index is 0.303. The molecule has 4 aromatic rings. The van der Waals surface area contributed by atoms with Crippen LogP contribution in [-0.4, -0.2) is 17.5 Å². The third kappa shape index (κ3) is 12.6. The number of allylic oxidation sites excluding steroid dienone is 17. The lowest BCUT2D eigenvalue weighted by Crippen LogP contribution is -2.09. The summed E-state index contributed by atoms with van der Waals surface area (Å²) in [5, 5.41) is 1.22. The lowest BCUT2D eigenvalue weighted by Gasteiger charge is -2.26. The molecule has 3 aromatic carbocycles. The van der Waals surface area contributed by atoms with E-state index >= 15 is 0 Å². The number of fused-ring (bicyclic) bond motifs is 2. The molecule has 0 bridgehead atoms. The van der Waals surface area contributed by atoms with Gasteiger partial charge in [0.25, 0.3) is 0 Å². The Labute approximate surface area is 369 Å². The van der Waals surface area contributed by atoms with Crippen LogP contribution in [0.3, 0.4) is 0 Å². The van der Waals surface area contributed by atoms with Crippen LogP contribution in [0.4, 0.5) is 5.69 Å². The third-order valence-corrected chi connectivity index (χ3v) is 14.2. The summed E-state index contributed by atoms with van der Waals surface area (Å²) in [4.78, 5) is 10.6. The van der Waals surface area contributed by atoms with Gasteiger partial charge in [-0.15, -0.1) is 23.1 Å². The van der Waals surface area contributed by atoms with Gasteiger partial charge in [0, 0.05) is 16.6 Å². The van der Waals surface area contributed by atoms with Crippen molar-refractivity contribution >= 4 is 51.3 Å². The predicted molar refractivity (Wildman–Crippen MR) is 267 cm³/mol. The molecule has 1 aromatic heterocycles. The van der Waals surface area contributed by atoms with Gasteiger partial charge in [0.2, 0.25) is 0 Å². The standard InChI is InChI=1S/C56H64N2S2/c1-6-8-10-11-12-15-25-44(26-24-31-45(27-9-7-2)42(3)43(4)56-58-53-34-21-23-36-55(53)60-56)39-47-29-16-13-14-17-30-48(47)40-49-38-37-46-28-18-19-32-50(46)51(49)41-59-54-35-22-20-33-52(54)57-5/h7-14,18-23,25,28-30,32-36,43H,5-6,15-17,24,26-27,31,37-41H2,1-4H3/b9-7-,10-8-,12-11-,14-13-,44-25-,45-42-,47-29-,48-30-. The second-order valence-corrected chi connectivity index (χ2v) is 18.0. The number of nitrogens with zero attached hydrogens (tertiary/aromatic N) is 2.